The molecule has 1 aromatic rings. The summed E-state index contributed by atoms with van der Waals surface area (Å²) in [6.45, 7) is 0. The van der Waals surface area contributed by atoms with Crippen LogP contribution < -0.4 is 0 Å². The van der Waals surface area contributed by atoms with E-state index in [4.69, 9.17) is 22.3 Å². The Morgan fingerprint density at radius 2 is 1.92 bits per heavy atom. The summed E-state index contributed by atoms with van der Waals surface area (Å²) in [5, 5.41) is -0.0424. The third kappa shape index (κ3) is 2.56. The van der Waals surface area contributed by atoms with Crippen molar-refractivity contribution < 1.29 is 12.8 Å². The largest absolute Gasteiger partial charge is 0.261 e. The fourth-order valence-electron chi connectivity index (χ4n) is 0.673. The molecule has 0 aliphatic carbocycles. The third-order valence-electron chi connectivity index (χ3n) is 1.24. The summed E-state index contributed by atoms with van der Waals surface area (Å²) in [5.74, 6) is -0.772. The van der Waals surface area contributed by atoms with Crippen LogP contribution in [0.2, 0.25) is 5.02 Å². The van der Waals surface area contributed by atoms with Crippen LogP contribution >= 0.6 is 38.2 Å². The van der Waals surface area contributed by atoms with Crippen molar-refractivity contribution in [2.45, 2.75) is 4.90 Å². The quantitative estimate of drug-likeness (QED) is 0.590. The lowest BCUT2D eigenvalue weighted by Gasteiger charge is -2.00. The second-order valence-corrected chi connectivity index (χ2v) is 5.90. The Morgan fingerprint density at radius 3 is 2.31 bits per heavy atom. The van der Waals surface area contributed by atoms with Crippen molar-refractivity contribution in [3.8, 4) is 0 Å². The first kappa shape index (κ1) is 11.2. The van der Waals surface area contributed by atoms with Gasteiger partial charge in [-0.25, -0.2) is 12.8 Å². The second-order valence-electron chi connectivity index (χ2n) is 2.14. The van der Waals surface area contributed by atoms with Crippen molar-refractivity contribution in [1.29, 1.82) is 0 Å². The van der Waals surface area contributed by atoms with Crippen LogP contribution in [0.1, 0.15) is 0 Å². The standard InChI is InChI=1S/C6H2BrCl2FO2S/c7-6-4(8)1-3(2-5(6)10)13(9,11)12/h1-2H. The van der Waals surface area contributed by atoms with Gasteiger partial charge in [0.1, 0.15) is 5.82 Å². The topological polar surface area (TPSA) is 34.1 Å². The van der Waals surface area contributed by atoms with E-state index in [1.54, 1.807) is 0 Å². The summed E-state index contributed by atoms with van der Waals surface area (Å²) in [6.07, 6.45) is 0. The number of benzene rings is 1. The average Bonchev–Trinajstić information content (AvgIpc) is 1.97. The Balaban J connectivity index is 3.47. The summed E-state index contributed by atoms with van der Waals surface area (Å²) in [4.78, 5) is -0.361. The van der Waals surface area contributed by atoms with Gasteiger partial charge in [0, 0.05) is 10.7 Å². The van der Waals surface area contributed by atoms with Crippen LogP contribution in [0.4, 0.5) is 4.39 Å². The van der Waals surface area contributed by atoms with Gasteiger partial charge in [0.05, 0.1) is 14.4 Å². The van der Waals surface area contributed by atoms with Gasteiger partial charge in [-0.15, -0.1) is 0 Å². The molecule has 0 N–H and O–H groups in total. The van der Waals surface area contributed by atoms with E-state index in [0.717, 1.165) is 12.1 Å². The summed E-state index contributed by atoms with van der Waals surface area (Å²) in [7, 11) is 1.05. The number of rotatable bonds is 1. The van der Waals surface area contributed by atoms with E-state index >= 15 is 0 Å². The molecule has 0 aromatic heterocycles. The first-order valence-electron chi connectivity index (χ1n) is 2.91. The highest BCUT2D eigenvalue weighted by Gasteiger charge is 2.15. The highest BCUT2D eigenvalue weighted by atomic mass is 79.9. The molecule has 0 atom stereocenters. The predicted molar refractivity (Wildman–Crippen MR) is 52.1 cm³/mol. The Bertz CT molecular complexity index is 423. The first-order chi connectivity index (χ1) is 5.82. The van der Waals surface area contributed by atoms with E-state index in [1.807, 2.05) is 0 Å². The van der Waals surface area contributed by atoms with Crippen molar-refractivity contribution in [3.63, 3.8) is 0 Å². The maximum Gasteiger partial charge on any atom is 0.261 e. The van der Waals surface area contributed by atoms with Crippen molar-refractivity contribution in [2.75, 3.05) is 0 Å². The zero-order chi connectivity index (χ0) is 10.2. The number of hydrogen-bond acceptors (Lipinski definition) is 2. The molecular formula is C6H2BrCl2FO2S. The first-order valence-corrected chi connectivity index (χ1v) is 6.39. The van der Waals surface area contributed by atoms with Crippen LogP contribution in [-0.2, 0) is 9.05 Å². The maximum atomic E-state index is 12.9. The lowest BCUT2D eigenvalue weighted by Crippen LogP contribution is -1.92. The normalized spacial score (nSPS) is 11.7. The van der Waals surface area contributed by atoms with Gasteiger partial charge in [-0.2, -0.15) is 0 Å². The van der Waals surface area contributed by atoms with Gasteiger partial charge >= 0.3 is 0 Å². The Labute approximate surface area is 92.2 Å². The molecule has 0 saturated carbocycles. The molecule has 72 valence electrons. The van der Waals surface area contributed by atoms with E-state index in [2.05, 4.69) is 15.9 Å². The Hall–Kier alpha value is 0.160. The molecule has 0 heterocycles. The third-order valence-corrected chi connectivity index (χ3v) is 3.90. The average molecular weight is 308 g/mol. The SMILES string of the molecule is O=S(=O)(Cl)c1cc(F)c(Br)c(Cl)c1. The molecule has 0 spiro atoms. The molecule has 2 nitrogen and oxygen atoms in total. The molecule has 0 radical (unpaired) electrons. The zero-order valence-corrected chi connectivity index (χ0v) is 9.81. The van der Waals surface area contributed by atoms with E-state index in [1.165, 1.54) is 0 Å². The predicted octanol–water partition coefficient (Wildman–Crippen LogP) is 3.17. The second kappa shape index (κ2) is 3.73. The molecule has 0 amide bonds. The van der Waals surface area contributed by atoms with Gasteiger partial charge < -0.3 is 0 Å². The monoisotopic (exact) mass is 306 g/mol. The highest BCUT2D eigenvalue weighted by molar-refractivity contribution is 9.10. The smallest absolute Gasteiger partial charge is 0.207 e. The minimum absolute atomic E-state index is 0.0123. The lowest BCUT2D eigenvalue weighted by molar-refractivity contribution is 0.600. The Kier molecular flexibility index (Phi) is 3.22. The van der Waals surface area contributed by atoms with Crippen molar-refractivity contribution >= 4 is 47.3 Å². The molecule has 1 aromatic carbocycles. The summed E-state index contributed by atoms with van der Waals surface area (Å²) in [6, 6.07) is 1.86. The van der Waals surface area contributed by atoms with Crippen LogP contribution in [0, 0.1) is 5.82 Å². The van der Waals surface area contributed by atoms with Crippen LogP contribution in [-0.4, -0.2) is 8.42 Å². The highest BCUT2D eigenvalue weighted by Crippen LogP contribution is 2.29. The molecule has 7 heteroatoms. The summed E-state index contributed by atoms with van der Waals surface area (Å²) >= 11 is 8.35. The van der Waals surface area contributed by atoms with Gasteiger partial charge in [-0.1, -0.05) is 11.6 Å². The minimum Gasteiger partial charge on any atom is -0.207 e. The molecule has 0 fully saturated rings. The fourth-order valence-corrected chi connectivity index (χ4v) is 1.94. The summed E-state index contributed by atoms with van der Waals surface area (Å²) in [5.41, 5.74) is 0. The molecule has 0 aliphatic rings. The van der Waals surface area contributed by atoms with E-state index in [0.29, 0.717) is 0 Å². The molecule has 13 heavy (non-hydrogen) atoms. The molecular weight excluding hydrogens is 306 g/mol. The molecule has 0 aliphatic heterocycles. The van der Waals surface area contributed by atoms with Crippen molar-refractivity contribution in [1.82, 2.24) is 0 Å². The molecule has 1 rings (SSSR count). The molecule has 0 unspecified atom stereocenters. The van der Waals surface area contributed by atoms with Crippen molar-refractivity contribution in [3.05, 3.63) is 27.4 Å². The van der Waals surface area contributed by atoms with E-state index in [9.17, 15) is 12.8 Å². The van der Waals surface area contributed by atoms with Crippen LogP contribution in [0.25, 0.3) is 0 Å². The van der Waals surface area contributed by atoms with Crippen LogP contribution in [0.3, 0.4) is 0 Å². The lowest BCUT2D eigenvalue weighted by atomic mass is 10.3. The Morgan fingerprint density at radius 1 is 1.38 bits per heavy atom. The molecule has 0 bridgehead atoms. The van der Waals surface area contributed by atoms with Crippen LogP contribution in [0.5, 0.6) is 0 Å². The van der Waals surface area contributed by atoms with Gasteiger partial charge in [0.25, 0.3) is 9.05 Å². The van der Waals surface area contributed by atoms with Crippen molar-refractivity contribution in [2.24, 2.45) is 0 Å². The van der Waals surface area contributed by atoms with Crippen LogP contribution in [0.15, 0.2) is 21.5 Å². The number of halogens is 4. The van der Waals surface area contributed by atoms with Gasteiger partial charge in [0.2, 0.25) is 0 Å². The van der Waals surface area contributed by atoms with Gasteiger partial charge in [0.15, 0.2) is 0 Å². The number of hydrogen-bond donors (Lipinski definition) is 0. The fraction of sp³-hybridized carbons (Fsp3) is 0. The van der Waals surface area contributed by atoms with E-state index in [-0.39, 0.29) is 14.4 Å². The van der Waals surface area contributed by atoms with Gasteiger partial charge in [-0.3, -0.25) is 0 Å². The zero-order valence-electron chi connectivity index (χ0n) is 5.89. The van der Waals surface area contributed by atoms with E-state index < -0.39 is 14.9 Å². The van der Waals surface area contributed by atoms with Gasteiger partial charge in [-0.05, 0) is 28.1 Å². The maximum absolute atomic E-state index is 12.9. The minimum atomic E-state index is -3.94. The molecule has 0 saturated heterocycles. The summed E-state index contributed by atoms with van der Waals surface area (Å²) < 4.78 is 34.5.